The van der Waals surface area contributed by atoms with Crippen LogP contribution < -0.4 is 19.5 Å². The molecule has 1 aliphatic carbocycles. The fraction of sp³-hybridized carbons (Fsp3) is 0.478. The van der Waals surface area contributed by atoms with E-state index in [1.807, 2.05) is 36.4 Å². The van der Waals surface area contributed by atoms with E-state index in [1.165, 1.54) is 0 Å². The Labute approximate surface area is 171 Å². The second-order valence-electron chi connectivity index (χ2n) is 8.40. The summed E-state index contributed by atoms with van der Waals surface area (Å²) in [5.74, 6) is 1.95. The number of amides is 1. The van der Waals surface area contributed by atoms with Crippen molar-refractivity contribution in [1.29, 1.82) is 0 Å². The van der Waals surface area contributed by atoms with Crippen LogP contribution >= 0.6 is 0 Å². The van der Waals surface area contributed by atoms with Crippen molar-refractivity contribution in [3.63, 3.8) is 0 Å². The molecule has 6 heteroatoms. The lowest BCUT2D eigenvalue weighted by atomic mass is 9.93. The quantitative estimate of drug-likeness (QED) is 0.807. The molecule has 1 aromatic carbocycles. The van der Waals surface area contributed by atoms with Crippen molar-refractivity contribution in [2.75, 3.05) is 6.61 Å². The molecular weight excluding hydrogens is 368 g/mol. The number of ether oxygens (including phenoxy) is 3. The van der Waals surface area contributed by atoms with Gasteiger partial charge in [0.15, 0.2) is 18.1 Å². The molecule has 1 fully saturated rings. The maximum atomic E-state index is 12.4. The first-order valence-electron chi connectivity index (χ1n) is 10.3. The highest BCUT2D eigenvalue weighted by Crippen LogP contribution is 2.41. The predicted octanol–water partition coefficient (Wildman–Crippen LogP) is 3.68. The van der Waals surface area contributed by atoms with Gasteiger partial charge in [0.05, 0.1) is 0 Å². The number of aromatic nitrogens is 1. The summed E-state index contributed by atoms with van der Waals surface area (Å²) in [5.41, 5.74) is 0.888. The number of benzene rings is 1. The van der Waals surface area contributed by atoms with Crippen LogP contribution in [0.3, 0.4) is 0 Å². The van der Waals surface area contributed by atoms with Crippen LogP contribution in [0.4, 0.5) is 0 Å². The Morgan fingerprint density at radius 2 is 2.00 bits per heavy atom. The highest BCUT2D eigenvalue weighted by molar-refractivity contribution is 5.78. The van der Waals surface area contributed by atoms with Gasteiger partial charge in [-0.2, -0.15) is 0 Å². The Hall–Kier alpha value is -2.76. The standard InChI is InChI=1S/C23H28N2O4/c1-23(2)14-16-6-5-7-19(22(16)29-23)27-15-20(26)25-17-9-11-18(12-10-17)28-21-8-3-4-13-24-21/h3-8,13,17-18H,9-12,14-15H2,1-2H3,(H,25,26). The Kier molecular flexibility index (Phi) is 5.60. The van der Waals surface area contributed by atoms with Gasteiger partial charge in [0.25, 0.3) is 5.91 Å². The van der Waals surface area contributed by atoms with Crippen molar-refractivity contribution in [3.8, 4) is 17.4 Å². The summed E-state index contributed by atoms with van der Waals surface area (Å²) in [5, 5.41) is 3.08. The van der Waals surface area contributed by atoms with Gasteiger partial charge in [-0.15, -0.1) is 0 Å². The van der Waals surface area contributed by atoms with E-state index in [1.54, 1.807) is 6.20 Å². The smallest absolute Gasteiger partial charge is 0.258 e. The van der Waals surface area contributed by atoms with Gasteiger partial charge >= 0.3 is 0 Å². The first-order chi connectivity index (χ1) is 14.0. The van der Waals surface area contributed by atoms with E-state index in [9.17, 15) is 4.79 Å². The molecule has 6 nitrogen and oxygen atoms in total. The minimum absolute atomic E-state index is 0.00932. The number of pyridine rings is 1. The number of nitrogens with one attached hydrogen (secondary N) is 1. The number of carbonyl (C=O) groups excluding carboxylic acids is 1. The maximum absolute atomic E-state index is 12.4. The largest absolute Gasteiger partial charge is 0.483 e. The second kappa shape index (κ2) is 8.31. The van der Waals surface area contributed by atoms with Crippen LogP contribution in [0.5, 0.6) is 17.4 Å². The normalized spacial score (nSPS) is 22.3. The molecular formula is C23H28N2O4. The fourth-order valence-electron chi connectivity index (χ4n) is 4.03. The minimum atomic E-state index is -0.236. The molecule has 0 spiro atoms. The van der Waals surface area contributed by atoms with Crippen molar-refractivity contribution in [2.45, 2.75) is 63.7 Å². The van der Waals surface area contributed by atoms with E-state index in [0.717, 1.165) is 43.4 Å². The lowest BCUT2D eigenvalue weighted by molar-refractivity contribution is -0.124. The van der Waals surface area contributed by atoms with Gasteiger partial charge in [-0.3, -0.25) is 4.79 Å². The zero-order valence-electron chi connectivity index (χ0n) is 17.0. The van der Waals surface area contributed by atoms with Crippen LogP contribution in [-0.4, -0.2) is 35.2 Å². The van der Waals surface area contributed by atoms with Crippen LogP contribution in [0, 0.1) is 0 Å². The Morgan fingerprint density at radius 1 is 1.17 bits per heavy atom. The summed E-state index contributed by atoms with van der Waals surface area (Å²) in [6.45, 7) is 4.10. The molecule has 4 rings (SSSR count). The number of carbonyl (C=O) groups is 1. The summed E-state index contributed by atoms with van der Waals surface area (Å²) in [6, 6.07) is 11.7. The van der Waals surface area contributed by atoms with Gasteiger partial charge in [-0.25, -0.2) is 4.98 Å². The number of hydrogen-bond donors (Lipinski definition) is 1. The molecule has 0 bridgehead atoms. The average molecular weight is 396 g/mol. The monoisotopic (exact) mass is 396 g/mol. The molecule has 1 N–H and O–H groups in total. The molecule has 154 valence electrons. The molecule has 0 radical (unpaired) electrons. The third-order valence-electron chi connectivity index (χ3n) is 5.38. The maximum Gasteiger partial charge on any atom is 0.258 e. The third-order valence-corrected chi connectivity index (χ3v) is 5.38. The van der Waals surface area contributed by atoms with Gasteiger partial charge in [0, 0.05) is 30.3 Å². The van der Waals surface area contributed by atoms with Gasteiger partial charge < -0.3 is 19.5 Å². The van der Waals surface area contributed by atoms with E-state index in [4.69, 9.17) is 14.2 Å². The number of rotatable bonds is 6. The SMILES string of the molecule is CC1(C)Cc2cccc(OCC(=O)NC3CCC(Oc4ccccn4)CC3)c2O1. The first-order valence-corrected chi connectivity index (χ1v) is 10.3. The summed E-state index contributed by atoms with van der Waals surface area (Å²) in [6.07, 6.45) is 6.31. The molecule has 2 aromatic rings. The molecule has 2 aliphatic rings. The zero-order chi connectivity index (χ0) is 20.3. The van der Waals surface area contributed by atoms with E-state index in [2.05, 4.69) is 24.1 Å². The predicted molar refractivity (Wildman–Crippen MR) is 109 cm³/mol. The topological polar surface area (TPSA) is 69.7 Å². The van der Waals surface area contributed by atoms with Crippen LogP contribution in [0.1, 0.15) is 45.1 Å². The number of nitrogens with zero attached hydrogens (tertiary/aromatic N) is 1. The van der Waals surface area contributed by atoms with Crippen molar-refractivity contribution >= 4 is 5.91 Å². The lowest BCUT2D eigenvalue weighted by Gasteiger charge is -2.29. The average Bonchev–Trinajstić information content (AvgIpc) is 3.03. The highest BCUT2D eigenvalue weighted by atomic mass is 16.5. The van der Waals surface area contributed by atoms with E-state index < -0.39 is 0 Å². The minimum Gasteiger partial charge on any atom is -0.483 e. The molecule has 2 heterocycles. The molecule has 1 amide bonds. The molecule has 1 saturated carbocycles. The third kappa shape index (κ3) is 5.00. The van der Waals surface area contributed by atoms with Crippen molar-refractivity contribution in [1.82, 2.24) is 10.3 Å². The Balaban J connectivity index is 1.22. The molecule has 29 heavy (non-hydrogen) atoms. The fourth-order valence-corrected chi connectivity index (χ4v) is 4.03. The van der Waals surface area contributed by atoms with Crippen LogP contribution in [-0.2, 0) is 11.2 Å². The summed E-state index contributed by atoms with van der Waals surface area (Å²) < 4.78 is 17.7. The van der Waals surface area contributed by atoms with Crippen LogP contribution in [0.2, 0.25) is 0 Å². The summed E-state index contributed by atoms with van der Waals surface area (Å²) in [7, 11) is 0. The van der Waals surface area contributed by atoms with Crippen LogP contribution in [0.25, 0.3) is 0 Å². The number of fused-ring (bicyclic) bond motifs is 1. The zero-order valence-corrected chi connectivity index (χ0v) is 17.0. The summed E-state index contributed by atoms with van der Waals surface area (Å²) >= 11 is 0. The van der Waals surface area contributed by atoms with Crippen molar-refractivity contribution in [3.05, 3.63) is 48.2 Å². The second-order valence-corrected chi connectivity index (χ2v) is 8.40. The Morgan fingerprint density at radius 3 is 2.76 bits per heavy atom. The van der Waals surface area contributed by atoms with Gasteiger partial charge in [-0.1, -0.05) is 18.2 Å². The Bertz CT molecular complexity index is 845. The highest BCUT2D eigenvalue weighted by Gasteiger charge is 2.32. The molecule has 0 saturated heterocycles. The van der Waals surface area contributed by atoms with E-state index in [0.29, 0.717) is 11.6 Å². The molecule has 0 unspecified atom stereocenters. The van der Waals surface area contributed by atoms with Crippen LogP contribution in [0.15, 0.2) is 42.6 Å². The van der Waals surface area contributed by atoms with E-state index >= 15 is 0 Å². The van der Waals surface area contributed by atoms with E-state index in [-0.39, 0.29) is 30.3 Å². The number of para-hydroxylation sites is 1. The van der Waals surface area contributed by atoms with Gasteiger partial charge in [-0.05, 0) is 51.7 Å². The summed E-state index contributed by atoms with van der Waals surface area (Å²) in [4.78, 5) is 16.6. The lowest BCUT2D eigenvalue weighted by Crippen LogP contribution is -2.41. The van der Waals surface area contributed by atoms with Gasteiger partial charge in [0.2, 0.25) is 5.88 Å². The molecule has 1 aromatic heterocycles. The van der Waals surface area contributed by atoms with Crippen molar-refractivity contribution < 1.29 is 19.0 Å². The van der Waals surface area contributed by atoms with Crippen molar-refractivity contribution in [2.24, 2.45) is 0 Å². The number of hydrogen-bond acceptors (Lipinski definition) is 5. The molecule has 1 aliphatic heterocycles. The molecule has 0 atom stereocenters. The van der Waals surface area contributed by atoms with Gasteiger partial charge in [0.1, 0.15) is 11.7 Å². The first kappa shape index (κ1) is 19.6.